The SMILES string of the molecule is CCN(C(=O)Nc1ccc2nc(N[C@@H]3CCc4ccccc43)ccc2c1)C1CCC(O)CC1. The molecule has 0 radical (unpaired) electrons. The van der Waals surface area contributed by atoms with E-state index in [4.69, 9.17) is 4.98 Å². The summed E-state index contributed by atoms with van der Waals surface area (Å²) < 4.78 is 0. The Hall–Kier alpha value is -3.12. The third-order valence-corrected chi connectivity index (χ3v) is 7.10. The summed E-state index contributed by atoms with van der Waals surface area (Å²) in [5.74, 6) is 0.873. The monoisotopic (exact) mass is 444 g/mol. The molecule has 3 N–H and O–H groups in total. The molecule has 0 spiro atoms. The zero-order chi connectivity index (χ0) is 22.8. The summed E-state index contributed by atoms with van der Waals surface area (Å²) in [7, 11) is 0. The smallest absolute Gasteiger partial charge is 0.322 e. The number of carbonyl (C=O) groups excluding carboxylic acids is 1. The van der Waals surface area contributed by atoms with Crippen molar-refractivity contribution in [2.75, 3.05) is 17.2 Å². The molecule has 172 valence electrons. The number of aromatic nitrogens is 1. The van der Waals surface area contributed by atoms with Gasteiger partial charge in [-0.15, -0.1) is 0 Å². The molecule has 5 rings (SSSR count). The summed E-state index contributed by atoms with van der Waals surface area (Å²) >= 11 is 0. The van der Waals surface area contributed by atoms with Crippen LogP contribution in [0.2, 0.25) is 0 Å². The van der Waals surface area contributed by atoms with Crippen LogP contribution in [-0.4, -0.2) is 39.7 Å². The molecule has 1 saturated carbocycles. The first-order chi connectivity index (χ1) is 16.1. The number of nitrogens with one attached hydrogen (secondary N) is 2. The number of urea groups is 1. The molecule has 1 atom stereocenters. The number of hydrogen-bond donors (Lipinski definition) is 3. The van der Waals surface area contributed by atoms with E-state index in [1.807, 2.05) is 36.1 Å². The molecular weight excluding hydrogens is 412 g/mol. The Kier molecular flexibility index (Phi) is 6.18. The van der Waals surface area contributed by atoms with Crippen LogP contribution in [0.5, 0.6) is 0 Å². The molecule has 33 heavy (non-hydrogen) atoms. The second-order valence-electron chi connectivity index (χ2n) is 9.22. The summed E-state index contributed by atoms with van der Waals surface area (Å²) in [5, 5.41) is 17.4. The quantitative estimate of drug-likeness (QED) is 0.486. The Labute approximate surface area is 195 Å². The van der Waals surface area contributed by atoms with Crippen LogP contribution in [0.3, 0.4) is 0 Å². The van der Waals surface area contributed by atoms with E-state index < -0.39 is 0 Å². The molecule has 6 nitrogen and oxygen atoms in total. The number of pyridine rings is 1. The molecule has 2 aromatic carbocycles. The standard InChI is InChI=1S/C27H32N4O2/c1-2-31(21-10-12-22(32)13-11-21)27(33)28-20-9-15-24-19(17-20)8-16-26(29-24)30-25-14-7-18-5-3-4-6-23(18)25/h3-6,8-9,15-17,21-22,25,32H,2,7,10-14H2,1H3,(H,28,33)(H,29,30)/t21?,22?,25-/m1/s1. The van der Waals surface area contributed by atoms with Crippen molar-refractivity contribution < 1.29 is 9.90 Å². The normalized spacial score (nSPS) is 22.1. The number of aliphatic hydroxyl groups excluding tert-OH is 1. The number of anilines is 2. The average molecular weight is 445 g/mol. The lowest BCUT2D eigenvalue weighted by Gasteiger charge is -2.35. The maximum absolute atomic E-state index is 12.9. The zero-order valence-electron chi connectivity index (χ0n) is 19.1. The predicted molar refractivity (Wildman–Crippen MR) is 133 cm³/mol. The number of nitrogens with zero attached hydrogens (tertiary/aromatic N) is 2. The first-order valence-corrected chi connectivity index (χ1v) is 12.1. The van der Waals surface area contributed by atoms with Crippen LogP contribution in [-0.2, 0) is 6.42 Å². The molecule has 0 bridgehead atoms. The number of benzene rings is 2. The van der Waals surface area contributed by atoms with Gasteiger partial charge in [-0.3, -0.25) is 0 Å². The van der Waals surface area contributed by atoms with E-state index in [2.05, 4.69) is 41.0 Å². The Bertz CT molecular complexity index is 1140. The minimum Gasteiger partial charge on any atom is -0.393 e. The first-order valence-electron chi connectivity index (χ1n) is 12.1. The van der Waals surface area contributed by atoms with Crippen molar-refractivity contribution in [1.29, 1.82) is 0 Å². The third-order valence-electron chi connectivity index (χ3n) is 7.10. The molecule has 0 unspecified atom stereocenters. The van der Waals surface area contributed by atoms with Gasteiger partial charge in [-0.1, -0.05) is 24.3 Å². The van der Waals surface area contributed by atoms with Crippen LogP contribution >= 0.6 is 0 Å². The van der Waals surface area contributed by atoms with Crippen molar-refractivity contribution >= 4 is 28.4 Å². The lowest BCUT2D eigenvalue weighted by molar-refractivity contribution is 0.0887. The fourth-order valence-corrected chi connectivity index (χ4v) is 5.30. The van der Waals surface area contributed by atoms with Crippen molar-refractivity contribution in [2.45, 2.75) is 63.6 Å². The molecule has 1 fully saturated rings. The number of aliphatic hydroxyl groups is 1. The summed E-state index contributed by atoms with van der Waals surface area (Å²) in [6.07, 6.45) is 5.19. The maximum atomic E-state index is 12.9. The lowest BCUT2D eigenvalue weighted by Crippen LogP contribution is -2.45. The topological polar surface area (TPSA) is 77.5 Å². The predicted octanol–water partition coefficient (Wildman–Crippen LogP) is 5.49. The minimum absolute atomic E-state index is 0.0793. The van der Waals surface area contributed by atoms with Gasteiger partial charge in [0.25, 0.3) is 0 Å². The van der Waals surface area contributed by atoms with E-state index in [0.717, 1.165) is 60.9 Å². The van der Waals surface area contributed by atoms with Gasteiger partial charge in [0.05, 0.1) is 17.7 Å². The number of rotatable bonds is 5. The van der Waals surface area contributed by atoms with E-state index in [1.54, 1.807) is 0 Å². The van der Waals surface area contributed by atoms with Crippen molar-refractivity contribution in [3.05, 3.63) is 65.7 Å². The van der Waals surface area contributed by atoms with Crippen LogP contribution in [0.25, 0.3) is 10.9 Å². The molecular formula is C27H32N4O2. The highest BCUT2D eigenvalue weighted by Gasteiger charge is 2.27. The van der Waals surface area contributed by atoms with E-state index in [9.17, 15) is 9.90 Å². The van der Waals surface area contributed by atoms with Crippen LogP contribution in [0.4, 0.5) is 16.3 Å². The summed E-state index contributed by atoms with van der Waals surface area (Å²) in [6, 6.07) is 18.9. The van der Waals surface area contributed by atoms with Gasteiger partial charge in [-0.05, 0) is 86.9 Å². The molecule has 2 aliphatic rings. The number of hydrogen-bond acceptors (Lipinski definition) is 4. The van der Waals surface area contributed by atoms with E-state index >= 15 is 0 Å². The Morgan fingerprint density at radius 1 is 1.06 bits per heavy atom. The van der Waals surface area contributed by atoms with Crippen LogP contribution in [0.15, 0.2) is 54.6 Å². The van der Waals surface area contributed by atoms with E-state index in [0.29, 0.717) is 12.6 Å². The van der Waals surface area contributed by atoms with Crippen molar-refractivity contribution in [3.8, 4) is 0 Å². The highest BCUT2D eigenvalue weighted by atomic mass is 16.3. The van der Waals surface area contributed by atoms with E-state index in [-0.39, 0.29) is 18.2 Å². The third kappa shape index (κ3) is 4.67. The number of aryl methyl sites for hydroxylation is 1. The fraction of sp³-hybridized carbons (Fsp3) is 0.407. The van der Waals surface area contributed by atoms with Gasteiger partial charge in [0, 0.05) is 23.7 Å². The van der Waals surface area contributed by atoms with Gasteiger partial charge < -0.3 is 20.6 Å². The molecule has 0 aliphatic heterocycles. The van der Waals surface area contributed by atoms with Gasteiger partial charge in [-0.2, -0.15) is 0 Å². The molecule has 3 aromatic rings. The van der Waals surface area contributed by atoms with Crippen LogP contribution in [0.1, 0.15) is 56.2 Å². The Morgan fingerprint density at radius 3 is 2.70 bits per heavy atom. The highest BCUT2D eigenvalue weighted by molar-refractivity contribution is 5.93. The molecule has 1 heterocycles. The Balaban J connectivity index is 1.27. The van der Waals surface area contributed by atoms with Crippen molar-refractivity contribution in [1.82, 2.24) is 9.88 Å². The summed E-state index contributed by atoms with van der Waals surface area (Å²) in [6.45, 7) is 2.66. The number of fused-ring (bicyclic) bond motifs is 2. The van der Waals surface area contributed by atoms with Gasteiger partial charge in [0.15, 0.2) is 0 Å². The molecule has 2 aliphatic carbocycles. The molecule has 0 saturated heterocycles. The van der Waals surface area contributed by atoms with Crippen LogP contribution in [0, 0.1) is 0 Å². The largest absolute Gasteiger partial charge is 0.393 e. The lowest BCUT2D eigenvalue weighted by atomic mass is 9.92. The molecule has 6 heteroatoms. The van der Waals surface area contributed by atoms with E-state index in [1.165, 1.54) is 11.1 Å². The average Bonchev–Trinajstić information content (AvgIpc) is 3.23. The minimum atomic E-state index is -0.223. The van der Waals surface area contributed by atoms with Gasteiger partial charge in [0.2, 0.25) is 0 Å². The second kappa shape index (κ2) is 9.40. The zero-order valence-corrected chi connectivity index (χ0v) is 19.1. The molecule has 2 amide bonds. The second-order valence-corrected chi connectivity index (χ2v) is 9.22. The van der Waals surface area contributed by atoms with Crippen molar-refractivity contribution in [2.24, 2.45) is 0 Å². The first kappa shape index (κ1) is 21.7. The number of carbonyl (C=O) groups is 1. The molecule has 1 aromatic heterocycles. The summed E-state index contributed by atoms with van der Waals surface area (Å²) in [4.78, 5) is 19.6. The maximum Gasteiger partial charge on any atom is 0.322 e. The van der Waals surface area contributed by atoms with Gasteiger partial charge in [-0.25, -0.2) is 9.78 Å². The van der Waals surface area contributed by atoms with Crippen LogP contribution < -0.4 is 10.6 Å². The Morgan fingerprint density at radius 2 is 1.88 bits per heavy atom. The van der Waals surface area contributed by atoms with Gasteiger partial charge in [0.1, 0.15) is 5.82 Å². The highest BCUT2D eigenvalue weighted by Crippen LogP contribution is 2.33. The fourth-order valence-electron chi connectivity index (χ4n) is 5.30. The summed E-state index contributed by atoms with van der Waals surface area (Å²) in [5.41, 5.74) is 4.46. The van der Waals surface area contributed by atoms with Crippen molar-refractivity contribution in [3.63, 3.8) is 0 Å². The van der Waals surface area contributed by atoms with Gasteiger partial charge >= 0.3 is 6.03 Å². The number of amides is 2.